The van der Waals surface area contributed by atoms with E-state index in [0.717, 1.165) is 6.07 Å². The predicted molar refractivity (Wildman–Crippen MR) is 154 cm³/mol. The van der Waals surface area contributed by atoms with Crippen LogP contribution in [0.15, 0.2) is 30.3 Å². The summed E-state index contributed by atoms with van der Waals surface area (Å²) in [4.78, 5) is 30.4. The molecule has 7 nitrogen and oxygen atoms in total. The minimum Gasteiger partial charge on any atom is -0.367 e. The SMILES string of the molecule is CC(C)C[C@H]1CN(c2cc(Cl)ccc2NC(=O)c2ccc(CNC(=O)CN(C)C)c(F)c2F)CCN1CCC(F)(F)F. The van der Waals surface area contributed by atoms with Crippen molar-refractivity contribution in [2.24, 2.45) is 5.92 Å². The van der Waals surface area contributed by atoms with Crippen molar-refractivity contribution in [3.63, 3.8) is 0 Å². The van der Waals surface area contributed by atoms with Gasteiger partial charge in [0, 0.05) is 49.4 Å². The number of hydrogen-bond donors (Lipinski definition) is 2. The highest BCUT2D eigenvalue weighted by Crippen LogP contribution is 2.33. The molecule has 1 aliphatic heterocycles. The largest absolute Gasteiger partial charge is 0.390 e. The van der Waals surface area contributed by atoms with Gasteiger partial charge >= 0.3 is 6.18 Å². The van der Waals surface area contributed by atoms with Crippen LogP contribution in [0, 0.1) is 17.6 Å². The Morgan fingerprint density at radius 3 is 2.45 bits per heavy atom. The van der Waals surface area contributed by atoms with Crippen molar-refractivity contribution in [3.05, 3.63) is 58.1 Å². The molecule has 0 bridgehead atoms. The van der Waals surface area contributed by atoms with Crippen LogP contribution in [0.3, 0.4) is 0 Å². The Kier molecular flexibility index (Phi) is 11.6. The van der Waals surface area contributed by atoms with E-state index in [2.05, 4.69) is 10.6 Å². The van der Waals surface area contributed by atoms with E-state index in [0.29, 0.717) is 42.5 Å². The second-order valence-corrected chi connectivity index (χ2v) is 11.6. The maximum absolute atomic E-state index is 15.0. The summed E-state index contributed by atoms with van der Waals surface area (Å²) in [5.74, 6) is -3.60. The van der Waals surface area contributed by atoms with E-state index < -0.39 is 35.7 Å². The van der Waals surface area contributed by atoms with Crippen LogP contribution in [0.1, 0.15) is 42.6 Å². The van der Waals surface area contributed by atoms with E-state index in [1.165, 1.54) is 6.07 Å². The standard InChI is InChI=1S/C29H37ClF5N5O2/c1-18(2)13-21-16-40(12-11-39(21)10-9-29(33,34)35)24-14-20(30)6-8-23(24)37-28(42)22-7-5-19(26(31)27(22)32)15-36-25(41)17-38(3)4/h5-8,14,18,21H,9-13,15-17H2,1-4H3,(H,36,41)(H,37,42)/t21-/m0/s1. The lowest BCUT2D eigenvalue weighted by Gasteiger charge is -2.43. The molecular weight excluding hydrogens is 581 g/mol. The van der Waals surface area contributed by atoms with Gasteiger partial charge in [-0.1, -0.05) is 31.5 Å². The minimum atomic E-state index is -4.25. The van der Waals surface area contributed by atoms with Crippen molar-refractivity contribution >= 4 is 34.8 Å². The molecule has 232 valence electrons. The first-order valence-corrected chi connectivity index (χ1v) is 14.1. The molecule has 1 aliphatic rings. The summed E-state index contributed by atoms with van der Waals surface area (Å²) in [6.45, 7) is 4.89. The topological polar surface area (TPSA) is 67.9 Å². The van der Waals surface area contributed by atoms with Crippen LogP contribution in [0.5, 0.6) is 0 Å². The third kappa shape index (κ3) is 9.53. The number of alkyl halides is 3. The lowest BCUT2D eigenvalue weighted by molar-refractivity contribution is -0.139. The second kappa shape index (κ2) is 14.5. The number of amides is 2. The van der Waals surface area contributed by atoms with Crippen LogP contribution in [-0.2, 0) is 11.3 Å². The molecule has 2 N–H and O–H groups in total. The maximum Gasteiger partial charge on any atom is 0.390 e. The Balaban J connectivity index is 1.78. The number of likely N-dealkylation sites (N-methyl/N-ethyl adjacent to an activating group) is 1. The van der Waals surface area contributed by atoms with Gasteiger partial charge in [-0.05, 0) is 50.7 Å². The van der Waals surface area contributed by atoms with Crippen LogP contribution >= 0.6 is 11.6 Å². The number of carbonyl (C=O) groups is 2. The normalized spacial score (nSPS) is 16.3. The summed E-state index contributed by atoms with van der Waals surface area (Å²) in [5.41, 5.74) is 0.201. The molecule has 0 aromatic heterocycles. The van der Waals surface area contributed by atoms with Gasteiger partial charge in [-0.15, -0.1) is 0 Å². The number of anilines is 2. The molecule has 2 aromatic carbocycles. The van der Waals surface area contributed by atoms with Crippen molar-refractivity contribution in [1.29, 1.82) is 0 Å². The Morgan fingerprint density at radius 2 is 1.81 bits per heavy atom. The molecule has 1 atom stereocenters. The number of carbonyl (C=O) groups excluding carboxylic acids is 2. The number of rotatable bonds is 11. The maximum atomic E-state index is 15.0. The number of piperazine rings is 1. The van der Waals surface area contributed by atoms with Crippen LogP contribution in [0.4, 0.5) is 33.3 Å². The van der Waals surface area contributed by atoms with Gasteiger partial charge in [0.15, 0.2) is 11.6 Å². The fraction of sp³-hybridized carbons (Fsp3) is 0.517. The molecule has 0 unspecified atom stereocenters. The first kappa shape index (κ1) is 33.5. The molecule has 1 heterocycles. The zero-order chi connectivity index (χ0) is 31.2. The highest BCUT2D eigenvalue weighted by atomic mass is 35.5. The third-order valence-electron chi connectivity index (χ3n) is 6.92. The highest BCUT2D eigenvalue weighted by molar-refractivity contribution is 6.31. The molecule has 0 radical (unpaired) electrons. The van der Waals surface area contributed by atoms with Crippen molar-refractivity contribution in [2.45, 2.75) is 45.5 Å². The van der Waals surface area contributed by atoms with Crippen molar-refractivity contribution in [3.8, 4) is 0 Å². The molecule has 42 heavy (non-hydrogen) atoms. The van der Waals surface area contributed by atoms with Crippen molar-refractivity contribution < 1.29 is 31.5 Å². The second-order valence-electron chi connectivity index (χ2n) is 11.2. The van der Waals surface area contributed by atoms with E-state index in [1.54, 1.807) is 37.2 Å². The fourth-order valence-corrected chi connectivity index (χ4v) is 5.11. The number of hydrogen-bond acceptors (Lipinski definition) is 5. The van der Waals surface area contributed by atoms with Crippen molar-refractivity contribution in [2.75, 3.05) is 57.0 Å². The van der Waals surface area contributed by atoms with E-state index in [9.17, 15) is 31.5 Å². The quantitative estimate of drug-likeness (QED) is 0.324. The summed E-state index contributed by atoms with van der Waals surface area (Å²) in [6, 6.07) is 6.94. The van der Waals surface area contributed by atoms with Crippen LogP contribution in [0.25, 0.3) is 0 Å². The molecule has 0 aliphatic carbocycles. The Hall–Kier alpha value is -2.96. The zero-order valence-corrected chi connectivity index (χ0v) is 24.9. The summed E-state index contributed by atoms with van der Waals surface area (Å²) in [6.07, 6.45) is -4.48. The molecule has 2 amide bonds. The Morgan fingerprint density at radius 1 is 1.10 bits per heavy atom. The first-order chi connectivity index (χ1) is 19.6. The van der Waals surface area contributed by atoms with Gasteiger partial charge in [0.2, 0.25) is 5.91 Å². The summed E-state index contributed by atoms with van der Waals surface area (Å²) >= 11 is 6.27. The Labute approximate surface area is 248 Å². The molecule has 0 spiro atoms. The van der Waals surface area contributed by atoms with Crippen LogP contribution in [-0.4, -0.2) is 80.7 Å². The van der Waals surface area contributed by atoms with Crippen LogP contribution < -0.4 is 15.5 Å². The number of benzene rings is 2. The van der Waals surface area contributed by atoms with Gasteiger partial charge in [0.25, 0.3) is 5.91 Å². The average Bonchev–Trinajstić information content (AvgIpc) is 2.88. The summed E-state index contributed by atoms with van der Waals surface area (Å²) < 4.78 is 68.5. The molecule has 1 saturated heterocycles. The van der Waals surface area contributed by atoms with E-state index in [-0.39, 0.29) is 43.1 Å². The van der Waals surface area contributed by atoms with Crippen LogP contribution in [0.2, 0.25) is 5.02 Å². The zero-order valence-electron chi connectivity index (χ0n) is 24.1. The fourth-order valence-electron chi connectivity index (χ4n) is 4.94. The molecule has 0 saturated carbocycles. The summed E-state index contributed by atoms with van der Waals surface area (Å²) in [7, 11) is 3.39. The van der Waals surface area contributed by atoms with Gasteiger partial charge in [0.1, 0.15) is 0 Å². The van der Waals surface area contributed by atoms with Gasteiger partial charge in [0.05, 0.1) is 29.9 Å². The molecule has 3 rings (SSSR count). The molecule has 2 aromatic rings. The number of nitrogens with one attached hydrogen (secondary N) is 2. The first-order valence-electron chi connectivity index (χ1n) is 13.7. The lowest BCUT2D eigenvalue weighted by Crippen LogP contribution is -2.54. The predicted octanol–water partition coefficient (Wildman–Crippen LogP) is 5.54. The van der Waals surface area contributed by atoms with E-state index in [1.807, 2.05) is 23.6 Å². The molecular formula is C29H37ClF5N5O2. The van der Waals surface area contributed by atoms with Gasteiger partial charge < -0.3 is 20.4 Å². The summed E-state index contributed by atoms with van der Waals surface area (Å²) in [5, 5.41) is 5.52. The smallest absolute Gasteiger partial charge is 0.367 e. The average molecular weight is 618 g/mol. The van der Waals surface area contributed by atoms with Crippen molar-refractivity contribution in [1.82, 2.24) is 15.1 Å². The lowest BCUT2D eigenvalue weighted by atomic mass is 9.99. The molecule has 13 heteroatoms. The van der Waals surface area contributed by atoms with E-state index in [4.69, 9.17) is 11.6 Å². The number of halogens is 6. The van der Waals surface area contributed by atoms with Gasteiger partial charge in [-0.3, -0.25) is 14.5 Å². The minimum absolute atomic E-state index is 0.0782. The number of nitrogens with zero attached hydrogens (tertiary/aromatic N) is 3. The third-order valence-corrected chi connectivity index (χ3v) is 7.16. The monoisotopic (exact) mass is 617 g/mol. The molecule has 1 fully saturated rings. The van der Waals surface area contributed by atoms with Gasteiger partial charge in [-0.2, -0.15) is 13.2 Å². The van der Waals surface area contributed by atoms with E-state index >= 15 is 0 Å². The highest BCUT2D eigenvalue weighted by Gasteiger charge is 2.33. The Bertz CT molecular complexity index is 1260. The van der Waals surface area contributed by atoms with Gasteiger partial charge in [-0.25, -0.2) is 8.78 Å².